The highest BCUT2D eigenvalue weighted by atomic mass is 19.3. The summed E-state index contributed by atoms with van der Waals surface area (Å²) in [7, 11) is 0. The van der Waals surface area contributed by atoms with Crippen molar-refractivity contribution in [2.45, 2.75) is 64.6 Å². The third-order valence-electron chi connectivity index (χ3n) is 2.84. The summed E-state index contributed by atoms with van der Waals surface area (Å²) < 4.78 is 107. The molecule has 0 rings (SSSR count). The molecule has 0 heterocycles. The van der Waals surface area contributed by atoms with Gasteiger partial charge in [-0.05, 0) is 11.8 Å². The van der Waals surface area contributed by atoms with E-state index in [1.165, 1.54) is 0 Å². The SMILES string of the molecule is CC(C)C(OC(C(C)C)C(F)(F)C(F)F)C(F)(F)C(F)F. The molecule has 0 aliphatic carbocycles. The minimum absolute atomic E-state index is 1.05. The van der Waals surface area contributed by atoms with Gasteiger partial charge in [-0.25, -0.2) is 17.6 Å². The summed E-state index contributed by atoms with van der Waals surface area (Å²) in [5, 5.41) is 0. The summed E-state index contributed by atoms with van der Waals surface area (Å²) in [5.74, 6) is -12.0. The molecule has 0 fully saturated rings. The summed E-state index contributed by atoms with van der Waals surface area (Å²) in [5.41, 5.74) is 0. The second-order valence-electron chi connectivity index (χ2n) is 5.42. The number of alkyl halides is 8. The zero-order valence-electron chi connectivity index (χ0n) is 11.9. The largest absolute Gasteiger partial charge is 0.361 e. The van der Waals surface area contributed by atoms with E-state index in [1.54, 1.807) is 0 Å². The zero-order valence-corrected chi connectivity index (χ0v) is 11.9. The third-order valence-corrected chi connectivity index (χ3v) is 2.84. The molecule has 0 aromatic rings. The van der Waals surface area contributed by atoms with Crippen molar-refractivity contribution in [3.8, 4) is 0 Å². The molecule has 0 amide bonds. The lowest BCUT2D eigenvalue weighted by Crippen LogP contribution is -2.53. The third kappa shape index (κ3) is 4.69. The van der Waals surface area contributed by atoms with Crippen LogP contribution in [0.5, 0.6) is 0 Å². The minimum Gasteiger partial charge on any atom is -0.361 e. The fourth-order valence-electron chi connectivity index (χ4n) is 1.79. The first-order chi connectivity index (χ1) is 9.26. The number of ether oxygens (including phenoxy) is 1. The first kappa shape index (κ1) is 20.4. The Labute approximate surface area is 117 Å². The minimum atomic E-state index is -4.72. The Hall–Kier alpha value is -0.600. The molecule has 0 saturated heterocycles. The van der Waals surface area contributed by atoms with E-state index in [2.05, 4.69) is 4.74 Å². The highest BCUT2D eigenvalue weighted by Crippen LogP contribution is 2.39. The van der Waals surface area contributed by atoms with E-state index >= 15 is 0 Å². The molecule has 21 heavy (non-hydrogen) atoms. The second kappa shape index (κ2) is 7.11. The molecule has 9 heteroatoms. The molecule has 128 valence electrons. The Morgan fingerprint density at radius 3 is 1.00 bits per heavy atom. The van der Waals surface area contributed by atoms with Gasteiger partial charge in [-0.3, -0.25) is 0 Å². The summed E-state index contributed by atoms with van der Waals surface area (Å²) in [6.45, 7) is 4.22. The predicted molar refractivity (Wildman–Crippen MR) is 60.2 cm³/mol. The molecule has 0 bridgehead atoms. The van der Waals surface area contributed by atoms with Gasteiger partial charge >= 0.3 is 24.7 Å². The lowest BCUT2D eigenvalue weighted by Gasteiger charge is -2.37. The van der Waals surface area contributed by atoms with Crippen molar-refractivity contribution in [3.05, 3.63) is 0 Å². The average Bonchev–Trinajstić information content (AvgIpc) is 2.26. The fraction of sp³-hybridized carbons (Fsp3) is 1.00. The molecule has 0 radical (unpaired) electrons. The van der Waals surface area contributed by atoms with Gasteiger partial charge in [0.25, 0.3) is 0 Å². The Morgan fingerprint density at radius 2 is 0.857 bits per heavy atom. The molecule has 2 atom stereocenters. The Morgan fingerprint density at radius 1 is 0.619 bits per heavy atom. The average molecular weight is 330 g/mol. The van der Waals surface area contributed by atoms with Crippen molar-refractivity contribution in [1.82, 2.24) is 0 Å². The van der Waals surface area contributed by atoms with Crippen molar-refractivity contribution in [1.29, 1.82) is 0 Å². The number of hydrogen-bond donors (Lipinski definition) is 0. The maximum absolute atomic E-state index is 13.4. The van der Waals surface area contributed by atoms with E-state index < -0.39 is 48.7 Å². The molecule has 0 N–H and O–H groups in total. The van der Waals surface area contributed by atoms with Gasteiger partial charge in [-0.1, -0.05) is 27.7 Å². The molecule has 0 aliphatic heterocycles. The number of halogens is 8. The zero-order chi connectivity index (χ0) is 17.2. The van der Waals surface area contributed by atoms with Crippen molar-refractivity contribution in [3.63, 3.8) is 0 Å². The van der Waals surface area contributed by atoms with E-state index in [0.29, 0.717) is 0 Å². The standard InChI is InChI=1S/C12H18F8O/c1-5(2)7(11(17,18)9(13)14)21-8(6(3)4)12(19,20)10(15)16/h5-10H,1-4H3. The Kier molecular flexibility index (Phi) is 6.90. The Bertz CT molecular complexity index is 286. The van der Waals surface area contributed by atoms with E-state index in [4.69, 9.17) is 0 Å². The monoisotopic (exact) mass is 330 g/mol. The van der Waals surface area contributed by atoms with E-state index in [1.807, 2.05) is 0 Å². The molecular weight excluding hydrogens is 312 g/mol. The summed E-state index contributed by atoms with van der Waals surface area (Å²) in [4.78, 5) is 0. The predicted octanol–water partition coefficient (Wildman–Crippen LogP) is 4.85. The van der Waals surface area contributed by atoms with Gasteiger partial charge in [0.15, 0.2) is 0 Å². The van der Waals surface area contributed by atoms with Crippen molar-refractivity contribution in [2.24, 2.45) is 11.8 Å². The van der Waals surface area contributed by atoms with Gasteiger partial charge in [0.05, 0.1) is 0 Å². The van der Waals surface area contributed by atoms with Gasteiger partial charge in [0, 0.05) is 0 Å². The summed E-state index contributed by atoms with van der Waals surface area (Å²) in [6, 6.07) is 0. The van der Waals surface area contributed by atoms with Crippen LogP contribution in [0, 0.1) is 11.8 Å². The van der Waals surface area contributed by atoms with E-state index in [0.717, 1.165) is 27.7 Å². The first-order valence-corrected chi connectivity index (χ1v) is 6.23. The second-order valence-corrected chi connectivity index (χ2v) is 5.42. The summed E-state index contributed by atoms with van der Waals surface area (Å²) >= 11 is 0. The molecular formula is C12H18F8O. The highest BCUT2D eigenvalue weighted by molar-refractivity contribution is 4.89. The van der Waals surface area contributed by atoms with E-state index in [-0.39, 0.29) is 0 Å². The first-order valence-electron chi connectivity index (χ1n) is 6.23. The van der Waals surface area contributed by atoms with Crippen molar-refractivity contribution >= 4 is 0 Å². The van der Waals surface area contributed by atoms with Crippen LogP contribution in [-0.4, -0.2) is 36.9 Å². The van der Waals surface area contributed by atoms with Crippen LogP contribution < -0.4 is 0 Å². The van der Waals surface area contributed by atoms with Crippen LogP contribution in [0.3, 0.4) is 0 Å². The fourth-order valence-corrected chi connectivity index (χ4v) is 1.79. The van der Waals surface area contributed by atoms with Crippen molar-refractivity contribution < 1.29 is 39.9 Å². The smallest absolute Gasteiger partial charge is 0.333 e. The van der Waals surface area contributed by atoms with Crippen LogP contribution >= 0.6 is 0 Å². The van der Waals surface area contributed by atoms with Crippen molar-refractivity contribution in [2.75, 3.05) is 0 Å². The topological polar surface area (TPSA) is 9.23 Å². The Balaban J connectivity index is 5.48. The van der Waals surface area contributed by atoms with Crippen LogP contribution in [0.4, 0.5) is 35.1 Å². The molecule has 2 unspecified atom stereocenters. The van der Waals surface area contributed by atoms with Gasteiger partial charge < -0.3 is 4.74 Å². The number of rotatable bonds is 8. The molecule has 0 saturated carbocycles. The molecule has 0 aromatic heterocycles. The maximum Gasteiger partial charge on any atom is 0.333 e. The van der Waals surface area contributed by atoms with Crippen LogP contribution in [-0.2, 0) is 4.74 Å². The number of hydrogen-bond acceptors (Lipinski definition) is 1. The van der Waals surface area contributed by atoms with Crippen LogP contribution in [0.1, 0.15) is 27.7 Å². The maximum atomic E-state index is 13.4. The molecule has 0 aromatic carbocycles. The normalized spacial score (nSPS) is 17.1. The van der Waals surface area contributed by atoms with Gasteiger partial charge in [0.2, 0.25) is 0 Å². The molecule has 0 spiro atoms. The van der Waals surface area contributed by atoms with Crippen LogP contribution in [0.2, 0.25) is 0 Å². The van der Waals surface area contributed by atoms with Crippen LogP contribution in [0.15, 0.2) is 0 Å². The quantitative estimate of drug-likeness (QED) is 0.578. The molecule has 1 nitrogen and oxygen atoms in total. The highest BCUT2D eigenvalue weighted by Gasteiger charge is 2.57. The van der Waals surface area contributed by atoms with Gasteiger partial charge in [0.1, 0.15) is 12.2 Å². The van der Waals surface area contributed by atoms with Crippen LogP contribution in [0.25, 0.3) is 0 Å². The molecule has 0 aliphatic rings. The lowest BCUT2D eigenvalue weighted by molar-refractivity contribution is -0.284. The lowest BCUT2D eigenvalue weighted by atomic mass is 9.96. The van der Waals surface area contributed by atoms with E-state index in [9.17, 15) is 35.1 Å². The summed E-state index contributed by atoms with van der Waals surface area (Å²) in [6.07, 6.45) is -13.5. The van der Waals surface area contributed by atoms with Gasteiger partial charge in [-0.15, -0.1) is 0 Å². The van der Waals surface area contributed by atoms with Gasteiger partial charge in [-0.2, -0.15) is 17.6 Å².